The largest absolute Gasteiger partial charge is 0.389 e. The quantitative estimate of drug-likeness (QED) is 0.929. The minimum absolute atomic E-state index is 0.233. The zero-order chi connectivity index (χ0) is 15.6. The number of fused-ring (bicyclic) bond motifs is 1. The predicted octanol–water partition coefficient (Wildman–Crippen LogP) is 2.01. The number of hydrogen-bond acceptors (Lipinski definition) is 3. The number of aliphatic hydroxyl groups excluding tert-OH is 1. The second-order valence-corrected chi connectivity index (χ2v) is 5.24. The van der Waals surface area contributed by atoms with Crippen molar-refractivity contribution in [1.29, 1.82) is 0 Å². The molecule has 1 amide bonds. The number of carbonyl (C=O) groups is 1. The van der Waals surface area contributed by atoms with Crippen molar-refractivity contribution in [3.63, 3.8) is 0 Å². The van der Waals surface area contributed by atoms with Crippen LogP contribution in [0, 0.1) is 0 Å². The molecule has 0 saturated carbocycles. The number of hydrogen-bond donors (Lipinski definition) is 1. The molecule has 1 N–H and O–H groups in total. The zero-order valence-corrected chi connectivity index (χ0v) is 11.7. The van der Waals surface area contributed by atoms with Crippen LogP contribution in [-0.4, -0.2) is 38.4 Å². The highest BCUT2D eigenvalue weighted by Gasteiger charge is 2.30. The fraction of sp³-hybridized carbons (Fsp3) is 0.692. The summed E-state index contributed by atoms with van der Waals surface area (Å²) in [5.74, 6) is -0.499. The molecular formula is C13H18F3N3O2. The maximum atomic E-state index is 12.2. The van der Waals surface area contributed by atoms with Crippen LogP contribution in [0.2, 0.25) is 0 Å². The number of halogens is 3. The summed E-state index contributed by atoms with van der Waals surface area (Å²) in [5, 5.41) is 13.7. The summed E-state index contributed by atoms with van der Waals surface area (Å²) >= 11 is 0. The molecule has 0 spiro atoms. The van der Waals surface area contributed by atoms with Crippen LogP contribution in [0.15, 0.2) is 6.07 Å². The summed E-state index contributed by atoms with van der Waals surface area (Å²) in [6, 6.07) is 1.69. The number of aromatic nitrogens is 2. The third-order valence-corrected chi connectivity index (χ3v) is 3.44. The Bertz CT molecular complexity index is 511. The normalized spacial score (nSPS) is 17.3. The Morgan fingerprint density at radius 1 is 1.48 bits per heavy atom. The fourth-order valence-corrected chi connectivity index (χ4v) is 2.31. The van der Waals surface area contributed by atoms with Crippen molar-refractivity contribution in [1.82, 2.24) is 14.7 Å². The molecule has 1 atom stereocenters. The van der Waals surface area contributed by atoms with Gasteiger partial charge in [0.1, 0.15) is 0 Å². The van der Waals surface area contributed by atoms with E-state index in [1.54, 1.807) is 17.7 Å². The van der Waals surface area contributed by atoms with Crippen LogP contribution < -0.4 is 0 Å². The summed E-state index contributed by atoms with van der Waals surface area (Å²) < 4.78 is 38.3. The second-order valence-electron chi connectivity index (χ2n) is 5.24. The van der Waals surface area contributed by atoms with Crippen LogP contribution in [0.4, 0.5) is 13.2 Å². The second kappa shape index (κ2) is 6.05. The number of aliphatic hydroxyl groups is 1. The highest BCUT2D eigenvalue weighted by atomic mass is 19.4. The van der Waals surface area contributed by atoms with Gasteiger partial charge < -0.3 is 10.0 Å². The average Bonchev–Trinajstić information content (AvgIpc) is 2.68. The van der Waals surface area contributed by atoms with Crippen LogP contribution in [0.3, 0.4) is 0 Å². The molecule has 5 nitrogen and oxygen atoms in total. The minimum atomic E-state index is -4.32. The first-order chi connectivity index (χ1) is 9.76. The van der Waals surface area contributed by atoms with Gasteiger partial charge in [-0.05, 0) is 19.4 Å². The lowest BCUT2D eigenvalue weighted by molar-refractivity contribution is -0.149. The number of nitrogens with zero attached hydrogens (tertiary/aromatic N) is 3. The first kappa shape index (κ1) is 15.8. The van der Waals surface area contributed by atoms with Crippen LogP contribution in [0.1, 0.15) is 43.7 Å². The summed E-state index contributed by atoms with van der Waals surface area (Å²) in [5.41, 5.74) is 1.25. The summed E-state index contributed by atoms with van der Waals surface area (Å²) in [4.78, 5) is 13.3. The molecule has 1 unspecified atom stereocenters. The number of alkyl halides is 3. The van der Waals surface area contributed by atoms with Gasteiger partial charge in [0.05, 0.1) is 30.5 Å². The molecule has 8 heteroatoms. The topological polar surface area (TPSA) is 58.4 Å². The molecule has 1 aliphatic heterocycles. The van der Waals surface area contributed by atoms with Crippen molar-refractivity contribution in [3.8, 4) is 0 Å². The van der Waals surface area contributed by atoms with Crippen molar-refractivity contribution in [2.45, 2.75) is 51.6 Å². The maximum Gasteiger partial charge on any atom is 0.389 e. The highest BCUT2D eigenvalue weighted by molar-refractivity contribution is 5.76. The molecule has 0 saturated heterocycles. The van der Waals surface area contributed by atoms with E-state index in [2.05, 4.69) is 5.10 Å². The summed E-state index contributed by atoms with van der Waals surface area (Å²) in [6.45, 7) is 2.83. The smallest absolute Gasteiger partial charge is 0.387 e. The standard InChI is InChI=1S/C13H18F3N3O2/c1-9(20)11-7-10-8-18(5-2-6-19(10)17-11)12(21)3-4-13(14,15)16/h7,9,20H,2-6,8H2,1H3. The van der Waals surface area contributed by atoms with E-state index in [-0.39, 0.29) is 6.54 Å². The lowest BCUT2D eigenvalue weighted by Gasteiger charge is -2.20. The number of aryl methyl sites for hydroxylation is 1. The molecule has 1 aromatic heterocycles. The van der Waals surface area contributed by atoms with Gasteiger partial charge in [-0.1, -0.05) is 0 Å². The Labute approximate surface area is 120 Å². The first-order valence-electron chi connectivity index (χ1n) is 6.85. The molecule has 118 valence electrons. The predicted molar refractivity (Wildman–Crippen MR) is 68.2 cm³/mol. The van der Waals surface area contributed by atoms with Crippen LogP contribution in [-0.2, 0) is 17.9 Å². The summed E-state index contributed by atoms with van der Waals surface area (Å²) in [7, 11) is 0. The minimum Gasteiger partial charge on any atom is -0.387 e. The van der Waals surface area contributed by atoms with Crippen LogP contribution in [0.5, 0.6) is 0 Å². The Balaban J connectivity index is 2.04. The third kappa shape index (κ3) is 4.20. The molecule has 0 bridgehead atoms. The Morgan fingerprint density at radius 2 is 2.19 bits per heavy atom. The van der Waals surface area contributed by atoms with Gasteiger partial charge in [-0.15, -0.1) is 0 Å². The van der Waals surface area contributed by atoms with E-state index in [0.717, 1.165) is 5.69 Å². The molecule has 0 aliphatic carbocycles. The van der Waals surface area contributed by atoms with E-state index in [9.17, 15) is 23.1 Å². The monoisotopic (exact) mass is 305 g/mol. The van der Waals surface area contributed by atoms with E-state index in [1.807, 2.05) is 0 Å². The fourth-order valence-electron chi connectivity index (χ4n) is 2.31. The Hall–Kier alpha value is -1.57. The van der Waals surface area contributed by atoms with E-state index in [4.69, 9.17) is 0 Å². The van der Waals surface area contributed by atoms with Crippen molar-refractivity contribution >= 4 is 5.91 Å². The van der Waals surface area contributed by atoms with Crippen molar-refractivity contribution in [3.05, 3.63) is 17.5 Å². The Morgan fingerprint density at radius 3 is 2.81 bits per heavy atom. The molecule has 1 aromatic rings. The number of amides is 1. The lowest BCUT2D eigenvalue weighted by atomic mass is 10.2. The van der Waals surface area contributed by atoms with E-state index < -0.39 is 31.0 Å². The Kier molecular flexibility index (Phi) is 4.55. The number of carbonyl (C=O) groups excluding carboxylic acids is 1. The van der Waals surface area contributed by atoms with Gasteiger partial charge in [-0.2, -0.15) is 18.3 Å². The van der Waals surface area contributed by atoms with Crippen molar-refractivity contribution in [2.75, 3.05) is 6.54 Å². The average molecular weight is 305 g/mol. The molecule has 0 aromatic carbocycles. The van der Waals surface area contributed by atoms with Gasteiger partial charge >= 0.3 is 6.18 Å². The van der Waals surface area contributed by atoms with Gasteiger partial charge in [-0.25, -0.2) is 0 Å². The van der Waals surface area contributed by atoms with Gasteiger partial charge in [0, 0.05) is 19.5 Å². The van der Waals surface area contributed by atoms with Crippen LogP contribution in [0.25, 0.3) is 0 Å². The van der Waals surface area contributed by atoms with Gasteiger partial charge in [-0.3, -0.25) is 9.48 Å². The molecule has 2 rings (SSSR count). The molecule has 0 radical (unpaired) electrons. The zero-order valence-electron chi connectivity index (χ0n) is 11.7. The summed E-state index contributed by atoms with van der Waals surface area (Å²) in [6.07, 6.45) is -6.02. The SMILES string of the molecule is CC(O)c1cc2n(n1)CCCN(C(=O)CCC(F)(F)F)C2. The molecule has 2 heterocycles. The van der Waals surface area contributed by atoms with Crippen LogP contribution >= 0.6 is 0 Å². The lowest BCUT2D eigenvalue weighted by Crippen LogP contribution is -2.31. The van der Waals surface area contributed by atoms with E-state index >= 15 is 0 Å². The van der Waals surface area contributed by atoms with Gasteiger partial charge in [0.2, 0.25) is 5.91 Å². The van der Waals surface area contributed by atoms with Gasteiger partial charge in [0.15, 0.2) is 0 Å². The number of rotatable bonds is 3. The maximum absolute atomic E-state index is 12.2. The van der Waals surface area contributed by atoms with Gasteiger partial charge in [0.25, 0.3) is 0 Å². The molecule has 21 heavy (non-hydrogen) atoms. The molecule has 1 aliphatic rings. The third-order valence-electron chi connectivity index (χ3n) is 3.44. The molecule has 0 fully saturated rings. The van der Waals surface area contributed by atoms with E-state index in [0.29, 0.717) is 25.2 Å². The first-order valence-corrected chi connectivity index (χ1v) is 6.85. The van der Waals surface area contributed by atoms with E-state index in [1.165, 1.54) is 4.90 Å². The highest BCUT2D eigenvalue weighted by Crippen LogP contribution is 2.23. The molecular weight excluding hydrogens is 287 g/mol. The van der Waals surface area contributed by atoms with Crippen molar-refractivity contribution < 1.29 is 23.1 Å². The van der Waals surface area contributed by atoms with Crippen molar-refractivity contribution in [2.24, 2.45) is 0 Å².